The third-order valence-corrected chi connectivity index (χ3v) is 4.91. The highest BCUT2D eigenvalue weighted by Crippen LogP contribution is 2.21. The molecule has 1 aliphatic rings. The standard InChI is InChI=1S/C22H29N3O2/c1-22(2,27)12-11-16-7-6-10-18(13-16)21(26)23-15-19-14-20(25-24-19)17-8-4-3-5-9-17/h3-10,13,19-20,24-25,27H,11-12,14-15H2,1-2H3,(H,23,26). The highest BCUT2D eigenvalue weighted by molar-refractivity contribution is 5.94. The van der Waals surface area contributed by atoms with Crippen molar-refractivity contribution in [2.24, 2.45) is 0 Å². The Morgan fingerprint density at radius 2 is 1.93 bits per heavy atom. The van der Waals surface area contributed by atoms with Crippen LogP contribution in [0.4, 0.5) is 0 Å². The smallest absolute Gasteiger partial charge is 0.251 e. The maximum atomic E-state index is 12.5. The zero-order valence-electron chi connectivity index (χ0n) is 16.0. The quantitative estimate of drug-likeness (QED) is 0.607. The van der Waals surface area contributed by atoms with Crippen LogP contribution < -0.4 is 16.2 Å². The number of amides is 1. The molecule has 2 atom stereocenters. The second kappa shape index (κ2) is 8.65. The van der Waals surface area contributed by atoms with Crippen LogP contribution in [-0.4, -0.2) is 29.2 Å². The average Bonchev–Trinajstić information content (AvgIpc) is 3.14. The fraction of sp³-hybridized carbons (Fsp3) is 0.409. The van der Waals surface area contributed by atoms with Crippen molar-refractivity contribution in [2.75, 3.05) is 6.54 Å². The Labute approximate surface area is 161 Å². The number of rotatable bonds is 7. The SMILES string of the molecule is CC(C)(O)CCc1cccc(C(=O)NCC2CC(c3ccccc3)NN2)c1. The largest absolute Gasteiger partial charge is 0.390 e. The number of hydrazine groups is 1. The summed E-state index contributed by atoms with van der Waals surface area (Å²) >= 11 is 0. The monoisotopic (exact) mass is 367 g/mol. The van der Waals surface area contributed by atoms with E-state index < -0.39 is 5.60 Å². The van der Waals surface area contributed by atoms with E-state index in [9.17, 15) is 9.90 Å². The van der Waals surface area contributed by atoms with E-state index in [2.05, 4.69) is 28.3 Å². The lowest BCUT2D eigenvalue weighted by Crippen LogP contribution is -2.40. The summed E-state index contributed by atoms with van der Waals surface area (Å²) < 4.78 is 0. The third kappa shape index (κ3) is 5.89. The second-order valence-electron chi connectivity index (χ2n) is 7.91. The predicted molar refractivity (Wildman–Crippen MR) is 107 cm³/mol. The van der Waals surface area contributed by atoms with Gasteiger partial charge in [0.05, 0.1) is 5.60 Å². The van der Waals surface area contributed by atoms with Crippen molar-refractivity contribution >= 4 is 5.91 Å². The zero-order chi connectivity index (χ0) is 19.3. The molecule has 2 aromatic carbocycles. The van der Waals surface area contributed by atoms with Crippen LogP contribution in [0, 0.1) is 0 Å². The van der Waals surface area contributed by atoms with Gasteiger partial charge < -0.3 is 10.4 Å². The molecule has 2 aromatic rings. The van der Waals surface area contributed by atoms with Gasteiger partial charge in [-0.25, -0.2) is 5.43 Å². The van der Waals surface area contributed by atoms with Crippen molar-refractivity contribution in [3.8, 4) is 0 Å². The minimum Gasteiger partial charge on any atom is -0.390 e. The van der Waals surface area contributed by atoms with Gasteiger partial charge in [-0.1, -0.05) is 42.5 Å². The van der Waals surface area contributed by atoms with Crippen LogP contribution in [0.15, 0.2) is 54.6 Å². The maximum Gasteiger partial charge on any atom is 0.251 e. The van der Waals surface area contributed by atoms with E-state index in [1.54, 1.807) is 13.8 Å². The first-order valence-electron chi connectivity index (χ1n) is 9.56. The summed E-state index contributed by atoms with van der Waals surface area (Å²) in [5, 5.41) is 12.9. The van der Waals surface area contributed by atoms with Crippen molar-refractivity contribution in [1.29, 1.82) is 0 Å². The summed E-state index contributed by atoms with van der Waals surface area (Å²) in [6.07, 6.45) is 2.34. The number of nitrogens with one attached hydrogen (secondary N) is 3. The molecular weight excluding hydrogens is 338 g/mol. The molecule has 1 amide bonds. The molecule has 27 heavy (non-hydrogen) atoms. The fourth-order valence-electron chi connectivity index (χ4n) is 3.30. The third-order valence-electron chi connectivity index (χ3n) is 4.91. The molecule has 1 saturated heterocycles. The number of carbonyl (C=O) groups excluding carboxylic acids is 1. The van der Waals surface area contributed by atoms with Gasteiger partial charge in [0.1, 0.15) is 0 Å². The molecule has 0 spiro atoms. The summed E-state index contributed by atoms with van der Waals surface area (Å²) in [6, 6.07) is 18.4. The molecule has 144 valence electrons. The Kier molecular flexibility index (Phi) is 6.26. The van der Waals surface area contributed by atoms with Crippen LogP contribution in [-0.2, 0) is 6.42 Å². The van der Waals surface area contributed by atoms with E-state index >= 15 is 0 Å². The molecule has 1 heterocycles. The molecule has 2 unspecified atom stereocenters. The van der Waals surface area contributed by atoms with Crippen LogP contribution in [0.25, 0.3) is 0 Å². The average molecular weight is 367 g/mol. The summed E-state index contributed by atoms with van der Waals surface area (Å²) in [7, 11) is 0. The highest BCUT2D eigenvalue weighted by atomic mass is 16.3. The molecule has 0 radical (unpaired) electrons. The molecule has 0 aromatic heterocycles. The van der Waals surface area contributed by atoms with E-state index in [0.717, 1.165) is 18.4 Å². The van der Waals surface area contributed by atoms with Crippen molar-refractivity contribution in [1.82, 2.24) is 16.2 Å². The van der Waals surface area contributed by atoms with Gasteiger partial charge in [0.15, 0.2) is 0 Å². The van der Waals surface area contributed by atoms with Gasteiger partial charge in [-0.2, -0.15) is 0 Å². The molecule has 0 saturated carbocycles. The molecule has 4 N–H and O–H groups in total. The van der Waals surface area contributed by atoms with Crippen molar-refractivity contribution in [3.05, 3.63) is 71.3 Å². The van der Waals surface area contributed by atoms with Crippen molar-refractivity contribution in [2.45, 2.75) is 50.8 Å². The van der Waals surface area contributed by atoms with Crippen LogP contribution in [0.1, 0.15) is 54.2 Å². The van der Waals surface area contributed by atoms with E-state index in [4.69, 9.17) is 0 Å². The number of aliphatic hydroxyl groups is 1. The normalized spacial score (nSPS) is 19.8. The summed E-state index contributed by atoms with van der Waals surface area (Å²) in [5.74, 6) is -0.0648. The lowest BCUT2D eigenvalue weighted by Gasteiger charge is -2.17. The van der Waals surface area contributed by atoms with E-state index in [1.807, 2.05) is 42.5 Å². The maximum absolute atomic E-state index is 12.5. The Hall–Kier alpha value is -2.21. The lowest BCUT2D eigenvalue weighted by atomic mass is 9.98. The molecule has 1 aliphatic heterocycles. The Morgan fingerprint density at radius 3 is 2.67 bits per heavy atom. The number of hydrogen-bond acceptors (Lipinski definition) is 4. The van der Waals surface area contributed by atoms with Gasteiger partial charge in [-0.05, 0) is 56.4 Å². The van der Waals surface area contributed by atoms with Crippen LogP contribution in [0.5, 0.6) is 0 Å². The minimum atomic E-state index is -0.700. The molecule has 5 nitrogen and oxygen atoms in total. The lowest BCUT2D eigenvalue weighted by molar-refractivity contribution is 0.0714. The van der Waals surface area contributed by atoms with E-state index in [-0.39, 0.29) is 18.0 Å². The van der Waals surface area contributed by atoms with Gasteiger partial charge in [-0.3, -0.25) is 10.2 Å². The number of benzene rings is 2. The number of hydrogen-bond donors (Lipinski definition) is 4. The molecule has 5 heteroatoms. The van der Waals surface area contributed by atoms with Crippen LogP contribution in [0.3, 0.4) is 0 Å². The first-order valence-corrected chi connectivity index (χ1v) is 9.56. The van der Waals surface area contributed by atoms with Gasteiger partial charge in [0, 0.05) is 24.2 Å². The molecule has 1 fully saturated rings. The Bertz CT molecular complexity index is 756. The van der Waals surface area contributed by atoms with Gasteiger partial charge >= 0.3 is 0 Å². The van der Waals surface area contributed by atoms with Crippen molar-refractivity contribution < 1.29 is 9.90 Å². The van der Waals surface area contributed by atoms with Crippen molar-refractivity contribution in [3.63, 3.8) is 0 Å². The highest BCUT2D eigenvalue weighted by Gasteiger charge is 2.25. The second-order valence-corrected chi connectivity index (χ2v) is 7.91. The summed E-state index contributed by atoms with van der Waals surface area (Å²) in [4.78, 5) is 12.5. The van der Waals surface area contributed by atoms with E-state index in [1.165, 1.54) is 5.56 Å². The topological polar surface area (TPSA) is 73.4 Å². The van der Waals surface area contributed by atoms with Gasteiger partial charge in [0.25, 0.3) is 5.91 Å². The van der Waals surface area contributed by atoms with E-state index in [0.29, 0.717) is 18.5 Å². The van der Waals surface area contributed by atoms with Crippen LogP contribution in [0.2, 0.25) is 0 Å². The predicted octanol–water partition coefficient (Wildman–Crippen LogP) is 2.73. The molecule has 3 rings (SSSR count). The summed E-state index contributed by atoms with van der Waals surface area (Å²) in [6.45, 7) is 4.17. The first-order chi connectivity index (χ1) is 12.9. The number of aryl methyl sites for hydroxylation is 1. The molecular formula is C22H29N3O2. The number of carbonyl (C=O) groups is 1. The molecule has 0 bridgehead atoms. The van der Waals surface area contributed by atoms with Crippen LogP contribution >= 0.6 is 0 Å². The minimum absolute atomic E-state index is 0.0648. The summed E-state index contributed by atoms with van der Waals surface area (Å²) in [5.41, 5.74) is 8.84. The van der Waals surface area contributed by atoms with Gasteiger partial charge in [-0.15, -0.1) is 0 Å². The first kappa shape index (κ1) is 19.5. The Morgan fingerprint density at radius 1 is 1.15 bits per heavy atom. The molecule has 0 aliphatic carbocycles. The van der Waals surface area contributed by atoms with Gasteiger partial charge in [0.2, 0.25) is 0 Å². The fourth-order valence-corrected chi connectivity index (χ4v) is 3.30. The Balaban J connectivity index is 1.50. The zero-order valence-corrected chi connectivity index (χ0v) is 16.0.